The highest BCUT2D eigenvalue weighted by Gasteiger charge is 2.25. The SMILES string of the molecule is C=C1CC[C@@H](C)C[C@@H]1OC(=O)c1ccc([N+](=O)[O-])cc1. The summed E-state index contributed by atoms with van der Waals surface area (Å²) in [5.41, 5.74) is 1.22. The fourth-order valence-electron chi connectivity index (χ4n) is 2.29. The summed E-state index contributed by atoms with van der Waals surface area (Å²) >= 11 is 0. The minimum absolute atomic E-state index is 0.0442. The van der Waals surface area contributed by atoms with E-state index >= 15 is 0 Å². The van der Waals surface area contributed by atoms with E-state index in [4.69, 9.17) is 4.74 Å². The highest BCUT2D eigenvalue weighted by atomic mass is 16.6. The van der Waals surface area contributed by atoms with E-state index in [2.05, 4.69) is 13.5 Å². The standard InChI is InChI=1S/C15H17NO4/c1-10-3-4-11(2)14(9-10)20-15(17)12-5-7-13(8-6-12)16(18)19/h5-8,10,14H,2-4,9H2,1H3/t10-,14+/m1/s1. The fourth-order valence-corrected chi connectivity index (χ4v) is 2.29. The van der Waals surface area contributed by atoms with Crippen molar-refractivity contribution in [3.05, 3.63) is 52.1 Å². The van der Waals surface area contributed by atoms with Crippen LogP contribution in [0.1, 0.15) is 36.5 Å². The first-order valence-electron chi connectivity index (χ1n) is 6.60. The van der Waals surface area contributed by atoms with Crippen LogP contribution in [0.5, 0.6) is 0 Å². The van der Waals surface area contributed by atoms with Gasteiger partial charge in [0.25, 0.3) is 5.69 Å². The number of hydrogen-bond donors (Lipinski definition) is 0. The first kappa shape index (κ1) is 14.2. The molecule has 1 aromatic carbocycles. The predicted molar refractivity (Wildman–Crippen MR) is 74.5 cm³/mol. The van der Waals surface area contributed by atoms with Gasteiger partial charge in [0.1, 0.15) is 6.10 Å². The molecule has 0 unspecified atom stereocenters. The van der Waals surface area contributed by atoms with Gasteiger partial charge in [0.05, 0.1) is 10.5 Å². The zero-order valence-electron chi connectivity index (χ0n) is 11.4. The van der Waals surface area contributed by atoms with E-state index in [1.165, 1.54) is 24.3 Å². The van der Waals surface area contributed by atoms with E-state index in [0.29, 0.717) is 11.5 Å². The van der Waals surface area contributed by atoms with Gasteiger partial charge in [-0.05, 0) is 42.9 Å². The van der Waals surface area contributed by atoms with Crippen molar-refractivity contribution >= 4 is 11.7 Å². The third-order valence-electron chi connectivity index (χ3n) is 3.59. The van der Waals surface area contributed by atoms with Crippen LogP contribution in [-0.2, 0) is 4.74 Å². The van der Waals surface area contributed by atoms with Crippen LogP contribution in [0, 0.1) is 16.0 Å². The van der Waals surface area contributed by atoms with Crippen molar-refractivity contribution in [3.8, 4) is 0 Å². The lowest BCUT2D eigenvalue weighted by Crippen LogP contribution is -2.26. The third-order valence-corrected chi connectivity index (χ3v) is 3.59. The van der Waals surface area contributed by atoms with Gasteiger partial charge in [0, 0.05) is 12.1 Å². The Labute approximate surface area is 117 Å². The molecule has 2 rings (SSSR count). The molecule has 0 spiro atoms. The van der Waals surface area contributed by atoms with Crippen LogP contribution in [0.25, 0.3) is 0 Å². The van der Waals surface area contributed by atoms with Crippen LogP contribution >= 0.6 is 0 Å². The molecule has 1 fully saturated rings. The monoisotopic (exact) mass is 275 g/mol. The lowest BCUT2D eigenvalue weighted by atomic mass is 9.85. The quantitative estimate of drug-likeness (QED) is 0.366. The maximum atomic E-state index is 12.0. The zero-order valence-corrected chi connectivity index (χ0v) is 11.4. The first-order chi connectivity index (χ1) is 9.47. The van der Waals surface area contributed by atoms with Crippen molar-refractivity contribution in [1.29, 1.82) is 0 Å². The van der Waals surface area contributed by atoms with Gasteiger partial charge in [0.15, 0.2) is 0 Å². The van der Waals surface area contributed by atoms with Crippen LogP contribution < -0.4 is 0 Å². The lowest BCUT2D eigenvalue weighted by molar-refractivity contribution is -0.384. The first-order valence-corrected chi connectivity index (χ1v) is 6.60. The molecule has 106 valence electrons. The molecule has 0 heterocycles. The number of carbonyl (C=O) groups excluding carboxylic acids is 1. The maximum Gasteiger partial charge on any atom is 0.338 e. The molecule has 1 aromatic rings. The van der Waals surface area contributed by atoms with Crippen molar-refractivity contribution < 1.29 is 14.5 Å². The second kappa shape index (κ2) is 5.86. The number of benzene rings is 1. The van der Waals surface area contributed by atoms with Crippen LogP contribution in [0.2, 0.25) is 0 Å². The van der Waals surface area contributed by atoms with E-state index < -0.39 is 10.9 Å². The van der Waals surface area contributed by atoms with Crippen molar-refractivity contribution in [2.24, 2.45) is 5.92 Å². The Bertz CT molecular complexity index is 535. The van der Waals surface area contributed by atoms with Gasteiger partial charge in [0.2, 0.25) is 0 Å². The van der Waals surface area contributed by atoms with Gasteiger partial charge in [-0.15, -0.1) is 0 Å². The predicted octanol–water partition coefficient (Wildman–Crippen LogP) is 3.50. The number of hydrogen-bond acceptors (Lipinski definition) is 4. The average molecular weight is 275 g/mol. The summed E-state index contributed by atoms with van der Waals surface area (Å²) in [4.78, 5) is 22.1. The number of nitro benzene ring substituents is 1. The number of nitro groups is 1. The molecule has 1 saturated carbocycles. The molecule has 0 amide bonds. The summed E-state index contributed by atoms with van der Waals surface area (Å²) in [6, 6.07) is 5.43. The number of esters is 1. The van der Waals surface area contributed by atoms with E-state index in [1.807, 2.05) is 0 Å². The molecule has 0 saturated heterocycles. The minimum atomic E-state index is -0.500. The molecule has 5 nitrogen and oxygen atoms in total. The average Bonchev–Trinajstić information content (AvgIpc) is 2.43. The number of non-ortho nitro benzene ring substituents is 1. The Balaban J connectivity index is 2.04. The van der Waals surface area contributed by atoms with Crippen molar-refractivity contribution in [1.82, 2.24) is 0 Å². The molecular formula is C15H17NO4. The van der Waals surface area contributed by atoms with E-state index in [9.17, 15) is 14.9 Å². The topological polar surface area (TPSA) is 69.4 Å². The maximum absolute atomic E-state index is 12.0. The number of nitrogens with zero attached hydrogens (tertiary/aromatic N) is 1. The summed E-state index contributed by atoms with van der Waals surface area (Å²) in [6.07, 6.45) is 2.49. The highest BCUT2D eigenvalue weighted by Crippen LogP contribution is 2.29. The summed E-state index contributed by atoms with van der Waals surface area (Å²) in [5, 5.41) is 10.6. The lowest BCUT2D eigenvalue weighted by Gasteiger charge is -2.28. The molecular weight excluding hydrogens is 258 g/mol. The molecule has 0 radical (unpaired) electrons. The van der Waals surface area contributed by atoms with Crippen LogP contribution in [0.15, 0.2) is 36.4 Å². The zero-order chi connectivity index (χ0) is 14.7. The van der Waals surface area contributed by atoms with Gasteiger partial charge in [-0.25, -0.2) is 4.79 Å². The van der Waals surface area contributed by atoms with Gasteiger partial charge in [-0.2, -0.15) is 0 Å². The van der Waals surface area contributed by atoms with Gasteiger partial charge in [-0.3, -0.25) is 10.1 Å². The van der Waals surface area contributed by atoms with Crippen molar-refractivity contribution in [2.45, 2.75) is 32.3 Å². The smallest absolute Gasteiger partial charge is 0.338 e. The van der Waals surface area contributed by atoms with Gasteiger partial charge >= 0.3 is 5.97 Å². The molecule has 1 aliphatic carbocycles. The van der Waals surface area contributed by atoms with Crippen LogP contribution in [0.4, 0.5) is 5.69 Å². The Morgan fingerprint density at radius 2 is 2.05 bits per heavy atom. The Kier molecular flexibility index (Phi) is 4.17. The summed E-state index contributed by atoms with van der Waals surface area (Å²) < 4.78 is 5.45. The molecule has 20 heavy (non-hydrogen) atoms. The molecule has 0 aliphatic heterocycles. The second-order valence-electron chi connectivity index (χ2n) is 5.24. The van der Waals surface area contributed by atoms with Gasteiger partial charge in [-0.1, -0.05) is 13.5 Å². The van der Waals surface area contributed by atoms with E-state index in [1.54, 1.807) is 0 Å². The summed E-state index contributed by atoms with van der Waals surface area (Å²) in [7, 11) is 0. The molecule has 0 bridgehead atoms. The highest BCUT2D eigenvalue weighted by molar-refractivity contribution is 5.89. The summed E-state index contributed by atoms with van der Waals surface area (Å²) in [5.74, 6) is 0.0512. The van der Waals surface area contributed by atoms with E-state index in [0.717, 1.165) is 24.8 Å². The largest absolute Gasteiger partial charge is 0.454 e. The molecule has 5 heteroatoms. The Hall–Kier alpha value is -2.17. The normalized spacial score (nSPS) is 22.4. The molecule has 0 aromatic heterocycles. The Morgan fingerprint density at radius 1 is 1.40 bits per heavy atom. The van der Waals surface area contributed by atoms with Crippen LogP contribution in [0.3, 0.4) is 0 Å². The van der Waals surface area contributed by atoms with Crippen molar-refractivity contribution in [3.63, 3.8) is 0 Å². The molecule has 0 N–H and O–H groups in total. The van der Waals surface area contributed by atoms with Crippen LogP contribution in [-0.4, -0.2) is 17.0 Å². The number of carbonyl (C=O) groups is 1. The van der Waals surface area contributed by atoms with Gasteiger partial charge < -0.3 is 4.74 Å². The third kappa shape index (κ3) is 3.23. The number of rotatable bonds is 3. The molecule has 2 atom stereocenters. The second-order valence-corrected chi connectivity index (χ2v) is 5.24. The van der Waals surface area contributed by atoms with E-state index in [-0.39, 0.29) is 11.8 Å². The Morgan fingerprint density at radius 3 is 2.65 bits per heavy atom. The molecule has 1 aliphatic rings. The fraction of sp³-hybridized carbons (Fsp3) is 0.400. The van der Waals surface area contributed by atoms with Crippen molar-refractivity contribution in [2.75, 3.05) is 0 Å². The summed E-state index contributed by atoms with van der Waals surface area (Å²) in [6.45, 7) is 6.07. The minimum Gasteiger partial charge on any atom is -0.454 e. The number of ether oxygens (including phenoxy) is 1.